The molecule has 0 N–H and O–H groups in total. The first-order chi connectivity index (χ1) is 19.4. The number of aryl methyl sites for hydroxylation is 1. The zero-order valence-electron chi connectivity index (χ0n) is 29.0. The van der Waals surface area contributed by atoms with Crippen molar-refractivity contribution in [1.29, 1.82) is 0 Å². The Morgan fingerprint density at radius 1 is 0.690 bits per heavy atom. The monoisotopic (exact) mass is 564 g/mol. The molecule has 0 nitrogen and oxygen atoms in total. The van der Waals surface area contributed by atoms with E-state index in [9.17, 15) is 0 Å². The third-order valence-corrected chi connectivity index (χ3v) is 9.57. The molecule has 0 saturated heterocycles. The van der Waals surface area contributed by atoms with Gasteiger partial charge in [-0.15, -0.1) is 0 Å². The Bertz CT molecular complexity index is 1290. The van der Waals surface area contributed by atoms with Crippen molar-refractivity contribution in [3.63, 3.8) is 0 Å². The van der Waals surface area contributed by atoms with Crippen LogP contribution >= 0.6 is 0 Å². The highest BCUT2D eigenvalue weighted by atomic mass is 14.4. The number of hydrogen-bond acceptors (Lipinski definition) is 0. The van der Waals surface area contributed by atoms with Gasteiger partial charge in [0.1, 0.15) is 0 Å². The van der Waals surface area contributed by atoms with Crippen LogP contribution in [0.25, 0.3) is 0 Å². The van der Waals surface area contributed by atoms with Crippen LogP contribution in [0.4, 0.5) is 0 Å². The third-order valence-electron chi connectivity index (χ3n) is 9.57. The van der Waals surface area contributed by atoms with Crippen LogP contribution in [-0.4, -0.2) is 0 Å². The van der Waals surface area contributed by atoms with Gasteiger partial charge in [-0.2, -0.15) is 0 Å². The molecule has 0 aliphatic rings. The molecule has 0 radical (unpaired) electrons. The molecule has 0 heteroatoms. The Morgan fingerprint density at radius 2 is 1.29 bits per heavy atom. The molecule has 0 amide bonds. The van der Waals surface area contributed by atoms with Crippen LogP contribution in [0.3, 0.4) is 0 Å². The van der Waals surface area contributed by atoms with Crippen LogP contribution < -0.4 is 0 Å². The smallest absolute Gasteiger partial charge is 0.0280 e. The van der Waals surface area contributed by atoms with Crippen molar-refractivity contribution in [3.8, 4) is 0 Å². The highest BCUT2D eigenvalue weighted by Crippen LogP contribution is 2.44. The first kappa shape index (κ1) is 33.9. The summed E-state index contributed by atoms with van der Waals surface area (Å²) in [7, 11) is 0. The molecule has 3 aromatic carbocycles. The molecule has 0 bridgehead atoms. The Hall–Kier alpha value is -2.60. The summed E-state index contributed by atoms with van der Waals surface area (Å²) in [5.41, 5.74) is 10.3. The van der Waals surface area contributed by atoms with Crippen LogP contribution in [0.5, 0.6) is 0 Å². The van der Waals surface area contributed by atoms with Crippen molar-refractivity contribution in [1.82, 2.24) is 0 Å². The summed E-state index contributed by atoms with van der Waals surface area (Å²) in [6.07, 6.45) is 6.48. The van der Waals surface area contributed by atoms with Crippen molar-refractivity contribution >= 4 is 0 Å². The molecule has 3 aromatic rings. The van der Waals surface area contributed by atoms with Gasteiger partial charge < -0.3 is 0 Å². The second-order valence-electron chi connectivity index (χ2n) is 16.4. The molecular formula is C42H60. The van der Waals surface area contributed by atoms with E-state index in [1.54, 1.807) is 0 Å². The zero-order valence-corrected chi connectivity index (χ0v) is 29.0. The largest absolute Gasteiger partial charge is 0.0998 e. The van der Waals surface area contributed by atoms with E-state index in [-0.39, 0.29) is 16.2 Å². The van der Waals surface area contributed by atoms with Gasteiger partial charge >= 0.3 is 0 Å². The lowest BCUT2D eigenvalue weighted by atomic mass is 9.65. The van der Waals surface area contributed by atoms with Gasteiger partial charge in [0.25, 0.3) is 0 Å². The summed E-state index contributed by atoms with van der Waals surface area (Å²) in [5.74, 6) is 0.614. The molecule has 3 rings (SSSR count). The number of benzene rings is 3. The van der Waals surface area contributed by atoms with E-state index >= 15 is 0 Å². The van der Waals surface area contributed by atoms with Crippen molar-refractivity contribution in [2.45, 2.75) is 126 Å². The van der Waals surface area contributed by atoms with E-state index in [1.165, 1.54) is 51.8 Å². The van der Waals surface area contributed by atoms with Gasteiger partial charge in [0.2, 0.25) is 0 Å². The normalized spacial score (nSPS) is 14.2. The van der Waals surface area contributed by atoms with Crippen molar-refractivity contribution in [2.75, 3.05) is 0 Å². The minimum atomic E-state index is -0.195. The summed E-state index contributed by atoms with van der Waals surface area (Å²) in [6.45, 7) is 30.5. The van der Waals surface area contributed by atoms with E-state index < -0.39 is 0 Å². The standard InChI is InChI=1S/C42H60/c1-31(2)41(11,12)29-35-25-33(4)26-38(27-35)42(30-34-18-14-13-15-19-34,28-32(3)17-16-24-39(5,6)7)37-22-20-36(21-23-37)40(8,9)10/h13-15,18-23,25-27,31H,3,16-17,24,28-30H2,1-2,4-12H3. The maximum atomic E-state index is 4.74. The van der Waals surface area contributed by atoms with E-state index in [2.05, 4.69) is 149 Å². The average Bonchev–Trinajstić information content (AvgIpc) is 2.87. The molecule has 42 heavy (non-hydrogen) atoms. The molecule has 0 saturated carbocycles. The molecule has 0 heterocycles. The van der Waals surface area contributed by atoms with Gasteiger partial charge in [0.05, 0.1) is 0 Å². The van der Waals surface area contributed by atoms with Gasteiger partial charge in [-0.05, 0) is 95.4 Å². The average molecular weight is 565 g/mol. The summed E-state index contributed by atoms with van der Waals surface area (Å²) in [5, 5.41) is 0. The van der Waals surface area contributed by atoms with Gasteiger partial charge in [0.15, 0.2) is 0 Å². The molecule has 0 aliphatic heterocycles. The molecular weight excluding hydrogens is 504 g/mol. The Balaban J connectivity index is 2.22. The molecule has 0 spiro atoms. The molecule has 0 fully saturated rings. The topological polar surface area (TPSA) is 0 Å². The molecule has 0 aliphatic carbocycles. The first-order valence-electron chi connectivity index (χ1n) is 16.3. The van der Waals surface area contributed by atoms with Crippen LogP contribution in [0.1, 0.15) is 128 Å². The first-order valence-corrected chi connectivity index (χ1v) is 16.3. The van der Waals surface area contributed by atoms with Crippen LogP contribution in [-0.2, 0) is 23.7 Å². The molecule has 0 aromatic heterocycles. The van der Waals surface area contributed by atoms with Crippen LogP contribution in [0, 0.1) is 23.7 Å². The summed E-state index contributed by atoms with van der Waals surface area (Å²) >= 11 is 0. The number of rotatable bonds is 12. The number of hydrogen-bond donors (Lipinski definition) is 0. The molecule has 1 unspecified atom stereocenters. The van der Waals surface area contributed by atoms with E-state index in [0.717, 1.165) is 25.7 Å². The Morgan fingerprint density at radius 3 is 1.83 bits per heavy atom. The highest BCUT2D eigenvalue weighted by Gasteiger charge is 2.36. The maximum absolute atomic E-state index is 4.74. The lowest BCUT2D eigenvalue weighted by Gasteiger charge is -2.38. The fourth-order valence-corrected chi connectivity index (χ4v) is 6.23. The van der Waals surface area contributed by atoms with E-state index in [0.29, 0.717) is 11.3 Å². The fourth-order valence-electron chi connectivity index (χ4n) is 6.23. The second-order valence-corrected chi connectivity index (χ2v) is 16.4. The highest BCUT2D eigenvalue weighted by molar-refractivity contribution is 5.47. The molecule has 1 atom stereocenters. The maximum Gasteiger partial charge on any atom is 0.0280 e. The quantitative estimate of drug-likeness (QED) is 0.192. The summed E-state index contributed by atoms with van der Waals surface area (Å²) in [6, 6.07) is 28.1. The summed E-state index contributed by atoms with van der Waals surface area (Å²) < 4.78 is 0. The predicted octanol–water partition coefficient (Wildman–Crippen LogP) is 12.2. The van der Waals surface area contributed by atoms with Crippen LogP contribution in [0.2, 0.25) is 0 Å². The van der Waals surface area contributed by atoms with Gasteiger partial charge in [-0.3, -0.25) is 0 Å². The minimum Gasteiger partial charge on any atom is -0.0998 e. The van der Waals surface area contributed by atoms with E-state index in [1.807, 2.05) is 0 Å². The predicted molar refractivity (Wildman–Crippen MR) is 187 cm³/mol. The van der Waals surface area contributed by atoms with Crippen molar-refractivity contribution in [2.24, 2.45) is 16.7 Å². The van der Waals surface area contributed by atoms with Gasteiger partial charge in [0, 0.05) is 5.41 Å². The van der Waals surface area contributed by atoms with Crippen LogP contribution in [0.15, 0.2) is 84.9 Å². The summed E-state index contributed by atoms with van der Waals surface area (Å²) in [4.78, 5) is 0. The van der Waals surface area contributed by atoms with Gasteiger partial charge in [-0.25, -0.2) is 0 Å². The SMILES string of the molecule is C=C(CCCC(C)(C)C)CC(Cc1ccccc1)(c1ccc(C(C)(C)C)cc1)c1cc(C)cc(CC(C)(C)C(C)C)c1. The second kappa shape index (κ2) is 13.4. The lowest BCUT2D eigenvalue weighted by molar-refractivity contribution is 0.248. The van der Waals surface area contributed by atoms with Crippen molar-refractivity contribution < 1.29 is 0 Å². The van der Waals surface area contributed by atoms with Crippen molar-refractivity contribution in [3.05, 3.63) is 118 Å². The fraction of sp³-hybridized carbons (Fsp3) is 0.524. The minimum absolute atomic E-state index is 0.121. The van der Waals surface area contributed by atoms with Gasteiger partial charge in [-0.1, -0.05) is 160 Å². The Kier molecular flexibility index (Phi) is 10.8. The molecule has 228 valence electrons. The van der Waals surface area contributed by atoms with E-state index in [4.69, 9.17) is 6.58 Å². The third kappa shape index (κ3) is 9.20. The Labute approximate surface area is 260 Å². The zero-order chi connectivity index (χ0) is 31.3. The lowest BCUT2D eigenvalue weighted by Crippen LogP contribution is -2.32. The number of allylic oxidation sites excluding steroid dienone is 1.